The van der Waals surface area contributed by atoms with Crippen molar-refractivity contribution in [2.24, 2.45) is 0 Å². The van der Waals surface area contributed by atoms with Crippen molar-refractivity contribution in [3.05, 3.63) is 29.8 Å². The second-order valence-corrected chi connectivity index (χ2v) is 5.64. The highest BCUT2D eigenvalue weighted by Gasteiger charge is 2.23. The van der Waals surface area contributed by atoms with Crippen LogP contribution in [0.15, 0.2) is 24.3 Å². The molecule has 0 spiro atoms. The van der Waals surface area contributed by atoms with Crippen LogP contribution >= 0.6 is 0 Å². The second-order valence-electron chi connectivity index (χ2n) is 5.64. The average Bonchev–Trinajstić information content (AvgIpc) is 2.76. The molecule has 0 amide bonds. The fraction of sp³-hybridized carbons (Fsp3) is 0.647. The predicted molar refractivity (Wildman–Crippen MR) is 82.1 cm³/mol. The van der Waals surface area contributed by atoms with Crippen molar-refractivity contribution in [1.29, 1.82) is 0 Å². The Balaban J connectivity index is 1.99. The maximum absolute atomic E-state index is 10.6. The van der Waals surface area contributed by atoms with Crippen LogP contribution in [-0.4, -0.2) is 35.7 Å². The summed E-state index contributed by atoms with van der Waals surface area (Å²) in [5, 5.41) is 10.6. The minimum Gasteiger partial charge on any atom is -0.494 e. The highest BCUT2D eigenvalue weighted by Crippen LogP contribution is 2.25. The van der Waals surface area contributed by atoms with Gasteiger partial charge in [-0.3, -0.25) is 4.90 Å². The Morgan fingerprint density at radius 1 is 1.10 bits per heavy atom. The third-order valence-electron chi connectivity index (χ3n) is 4.21. The molecule has 2 rings (SSSR count). The first-order valence-corrected chi connectivity index (χ1v) is 7.87. The summed E-state index contributed by atoms with van der Waals surface area (Å²) in [7, 11) is 0. The second kappa shape index (κ2) is 7.65. The van der Waals surface area contributed by atoms with Gasteiger partial charge in [0.2, 0.25) is 0 Å². The average molecular weight is 277 g/mol. The van der Waals surface area contributed by atoms with E-state index < -0.39 is 6.10 Å². The van der Waals surface area contributed by atoms with Crippen LogP contribution in [0.4, 0.5) is 0 Å². The van der Waals surface area contributed by atoms with Gasteiger partial charge in [0.25, 0.3) is 0 Å². The number of hydrogen-bond donors (Lipinski definition) is 1. The molecule has 0 aromatic heterocycles. The highest BCUT2D eigenvalue weighted by molar-refractivity contribution is 5.29. The van der Waals surface area contributed by atoms with E-state index in [4.69, 9.17) is 4.74 Å². The predicted octanol–water partition coefficient (Wildman–Crippen LogP) is 3.38. The van der Waals surface area contributed by atoms with Crippen LogP contribution in [0.1, 0.15) is 51.2 Å². The van der Waals surface area contributed by atoms with Crippen LogP contribution < -0.4 is 4.74 Å². The summed E-state index contributed by atoms with van der Waals surface area (Å²) in [6.07, 6.45) is 4.72. The van der Waals surface area contributed by atoms with E-state index in [0.29, 0.717) is 6.61 Å². The Hall–Kier alpha value is -1.06. The molecule has 0 unspecified atom stereocenters. The van der Waals surface area contributed by atoms with E-state index in [0.717, 1.165) is 24.4 Å². The number of rotatable bonds is 5. The van der Waals surface area contributed by atoms with Crippen molar-refractivity contribution < 1.29 is 9.84 Å². The lowest BCUT2D eigenvalue weighted by Crippen LogP contribution is -2.38. The van der Waals surface area contributed by atoms with Crippen molar-refractivity contribution in [3.8, 4) is 5.75 Å². The zero-order valence-electron chi connectivity index (χ0n) is 12.7. The molecule has 1 fully saturated rings. The van der Waals surface area contributed by atoms with Gasteiger partial charge in [-0.1, -0.05) is 25.0 Å². The molecule has 0 bridgehead atoms. The van der Waals surface area contributed by atoms with Crippen molar-refractivity contribution in [1.82, 2.24) is 4.90 Å². The SMILES string of the molecule is CCOc1ccc([C@H](O)[C@H](C)N2CCCCCC2)cc1. The first-order valence-electron chi connectivity index (χ1n) is 7.87. The molecule has 20 heavy (non-hydrogen) atoms. The monoisotopic (exact) mass is 277 g/mol. The Labute approximate surface area is 122 Å². The number of benzene rings is 1. The molecule has 1 saturated heterocycles. The quantitative estimate of drug-likeness (QED) is 0.895. The number of ether oxygens (including phenoxy) is 1. The van der Waals surface area contributed by atoms with Crippen molar-refractivity contribution in [2.75, 3.05) is 19.7 Å². The van der Waals surface area contributed by atoms with Gasteiger partial charge >= 0.3 is 0 Å². The van der Waals surface area contributed by atoms with Crippen molar-refractivity contribution in [2.45, 2.75) is 51.7 Å². The molecule has 0 saturated carbocycles. The summed E-state index contributed by atoms with van der Waals surface area (Å²) < 4.78 is 5.44. The Bertz CT molecular complexity index is 382. The number of aliphatic hydroxyl groups is 1. The number of likely N-dealkylation sites (tertiary alicyclic amines) is 1. The van der Waals surface area contributed by atoms with E-state index in [-0.39, 0.29) is 6.04 Å². The standard InChI is InChI=1S/C17H27NO2/c1-3-20-16-10-8-15(9-11-16)17(19)14(2)18-12-6-4-5-7-13-18/h8-11,14,17,19H,3-7,12-13H2,1-2H3/t14-,17+/m0/s1. The van der Waals surface area contributed by atoms with Gasteiger partial charge in [-0.25, -0.2) is 0 Å². The molecule has 1 aliphatic rings. The molecule has 0 aliphatic carbocycles. The smallest absolute Gasteiger partial charge is 0.119 e. The van der Waals surface area contributed by atoms with E-state index in [9.17, 15) is 5.11 Å². The van der Waals surface area contributed by atoms with Crippen LogP contribution in [0.2, 0.25) is 0 Å². The zero-order valence-corrected chi connectivity index (χ0v) is 12.7. The minimum absolute atomic E-state index is 0.172. The summed E-state index contributed by atoms with van der Waals surface area (Å²) in [6, 6.07) is 8.01. The van der Waals surface area contributed by atoms with Gasteiger partial charge in [-0.15, -0.1) is 0 Å². The van der Waals surface area contributed by atoms with Gasteiger partial charge in [0, 0.05) is 6.04 Å². The first-order chi connectivity index (χ1) is 9.72. The lowest BCUT2D eigenvalue weighted by Gasteiger charge is -2.31. The maximum Gasteiger partial charge on any atom is 0.119 e. The van der Waals surface area contributed by atoms with Gasteiger partial charge in [-0.05, 0) is 57.5 Å². The molecule has 2 atom stereocenters. The van der Waals surface area contributed by atoms with Gasteiger partial charge in [0.1, 0.15) is 5.75 Å². The van der Waals surface area contributed by atoms with E-state index >= 15 is 0 Å². The zero-order chi connectivity index (χ0) is 14.4. The van der Waals surface area contributed by atoms with Gasteiger partial charge < -0.3 is 9.84 Å². The molecule has 1 aliphatic heterocycles. The molecule has 1 heterocycles. The van der Waals surface area contributed by atoms with E-state index in [1.165, 1.54) is 25.7 Å². The third kappa shape index (κ3) is 3.97. The highest BCUT2D eigenvalue weighted by atomic mass is 16.5. The van der Waals surface area contributed by atoms with E-state index in [1.807, 2.05) is 31.2 Å². The van der Waals surface area contributed by atoms with Crippen LogP contribution in [0.25, 0.3) is 0 Å². The fourth-order valence-electron chi connectivity index (χ4n) is 2.91. The van der Waals surface area contributed by atoms with Crippen LogP contribution in [0.3, 0.4) is 0 Å². The number of aliphatic hydroxyl groups excluding tert-OH is 1. The lowest BCUT2D eigenvalue weighted by atomic mass is 10.0. The Morgan fingerprint density at radius 2 is 1.70 bits per heavy atom. The summed E-state index contributed by atoms with van der Waals surface area (Å²) >= 11 is 0. The third-order valence-corrected chi connectivity index (χ3v) is 4.21. The summed E-state index contributed by atoms with van der Waals surface area (Å²) in [4.78, 5) is 2.42. The number of hydrogen-bond acceptors (Lipinski definition) is 3. The molecule has 3 nitrogen and oxygen atoms in total. The molecule has 1 aromatic carbocycles. The van der Waals surface area contributed by atoms with E-state index in [2.05, 4.69) is 11.8 Å². The summed E-state index contributed by atoms with van der Waals surface area (Å²) in [5.74, 6) is 0.867. The van der Waals surface area contributed by atoms with Gasteiger partial charge in [0.15, 0.2) is 0 Å². The maximum atomic E-state index is 10.6. The summed E-state index contributed by atoms with van der Waals surface area (Å²) in [6.45, 7) is 6.99. The molecule has 112 valence electrons. The Morgan fingerprint density at radius 3 is 2.25 bits per heavy atom. The molecule has 3 heteroatoms. The fourth-order valence-corrected chi connectivity index (χ4v) is 2.91. The van der Waals surface area contributed by atoms with Crippen molar-refractivity contribution >= 4 is 0 Å². The lowest BCUT2D eigenvalue weighted by molar-refractivity contribution is 0.0597. The molecular weight excluding hydrogens is 250 g/mol. The molecule has 0 radical (unpaired) electrons. The largest absolute Gasteiger partial charge is 0.494 e. The molecular formula is C17H27NO2. The molecule has 1 aromatic rings. The van der Waals surface area contributed by atoms with Crippen LogP contribution in [0.5, 0.6) is 5.75 Å². The first kappa shape index (κ1) is 15.3. The summed E-state index contributed by atoms with van der Waals surface area (Å²) in [5.41, 5.74) is 0.977. The van der Waals surface area contributed by atoms with Crippen molar-refractivity contribution in [3.63, 3.8) is 0 Å². The minimum atomic E-state index is -0.427. The Kier molecular flexibility index (Phi) is 5.86. The normalized spacial score (nSPS) is 20.1. The molecule has 1 N–H and O–H groups in total. The number of nitrogens with zero attached hydrogens (tertiary/aromatic N) is 1. The van der Waals surface area contributed by atoms with Crippen LogP contribution in [-0.2, 0) is 0 Å². The van der Waals surface area contributed by atoms with Gasteiger partial charge in [-0.2, -0.15) is 0 Å². The topological polar surface area (TPSA) is 32.7 Å². The van der Waals surface area contributed by atoms with Gasteiger partial charge in [0.05, 0.1) is 12.7 Å². The van der Waals surface area contributed by atoms with Crippen LogP contribution in [0, 0.1) is 0 Å². The van der Waals surface area contributed by atoms with E-state index in [1.54, 1.807) is 0 Å².